The maximum Gasteiger partial charge on any atom is 0.248 e. The van der Waals surface area contributed by atoms with Crippen molar-refractivity contribution in [3.63, 3.8) is 0 Å². The van der Waals surface area contributed by atoms with Gasteiger partial charge in [-0.15, -0.1) is 0 Å². The van der Waals surface area contributed by atoms with E-state index in [1.54, 1.807) is 11.9 Å². The van der Waals surface area contributed by atoms with Gasteiger partial charge in [-0.1, -0.05) is 6.07 Å². The predicted octanol–water partition coefficient (Wildman–Crippen LogP) is 2.20. The summed E-state index contributed by atoms with van der Waals surface area (Å²) in [6, 6.07) is 9.30. The highest BCUT2D eigenvalue weighted by atomic mass is 16.3. The van der Waals surface area contributed by atoms with Crippen LogP contribution in [0, 0.1) is 6.92 Å². The average molecular weight is 285 g/mol. The Morgan fingerprint density at radius 1 is 1.33 bits per heavy atom. The van der Waals surface area contributed by atoms with Crippen LogP contribution in [0.1, 0.15) is 23.1 Å². The van der Waals surface area contributed by atoms with Crippen molar-refractivity contribution in [1.82, 2.24) is 0 Å². The Bertz CT molecular complexity index is 693. The lowest BCUT2D eigenvalue weighted by Crippen LogP contribution is -2.27. The van der Waals surface area contributed by atoms with Crippen molar-refractivity contribution in [3.05, 3.63) is 47.4 Å². The van der Waals surface area contributed by atoms with Gasteiger partial charge in [0.05, 0.1) is 12.2 Å². The van der Waals surface area contributed by atoms with E-state index in [0.29, 0.717) is 6.54 Å². The lowest BCUT2D eigenvalue weighted by molar-refractivity contribution is -0.118. The van der Waals surface area contributed by atoms with Crippen LogP contribution in [0.15, 0.2) is 34.7 Å². The number of rotatable bonds is 3. The second-order valence-electron chi connectivity index (χ2n) is 5.49. The molecule has 0 fully saturated rings. The predicted molar refractivity (Wildman–Crippen MR) is 82.3 cm³/mol. The molecule has 0 bridgehead atoms. The maximum absolute atomic E-state index is 11.9. The van der Waals surface area contributed by atoms with Crippen molar-refractivity contribution in [2.75, 3.05) is 23.9 Å². The smallest absolute Gasteiger partial charge is 0.248 e. The van der Waals surface area contributed by atoms with E-state index in [2.05, 4.69) is 4.90 Å². The fourth-order valence-corrected chi connectivity index (χ4v) is 2.68. The Balaban J connectivity index is 1.86. The van der Waals surface area contributed by atoms with E-state index in [1.165, 1.54) is 0 Å². The molecule has 1 aliphatic rings. The van der Waals surface area contributed by atoms with Gasteiger partial charge in [0, 0.05) is 25.3 Å². The van der Waals surface area contributed by atoms with Gasteiger partial charge < -0.3 is 20.0 Å². The van der Waals surface area contributed by atoms with Gasteiger partial charge in [0.1, 0.15) is 17.6 Å². The largest absolute Gasteiger partial charge is 0.464 e. The van der Waals surface area contributed by atoms with Crippen LogP contribution >= 0.6 is 0 Å². The first-order valence-electron chi connectivity index (χ1n) is 6.91. The number of anilines is 2. The molecule has 5 heteroatoms. The van der Waals surface area contributed by atoms with Crippen LogP contribution in [0.4, 0.5) is 11.4 Å². The lowest BCUT2D eigenvalue weighted by atomic mass is 10.1. The number of amides is 1. The van der Waals surface area contributed by atoms with E-state index in [-0.39, 0.29) is 5.91 Å². The monoisotopic (exact) mass is 285 g/mol. The molecule has 2 aromatic rings. The minimum Gasteiger partial charge on any atom is -0.464 e. The summed E-state index contributed by atoms with van der Waals surface area (Å²) in [5.41, 5.74) is 8.70. The highest BCUT2D eigenvalue weighted by molar-refractivity contribution is 6.04. The first-order valence-corrected chi connectivity index (χ1v) is 6.91. The number of carbonyl (C=O) groups excluding carboxylic acids is 1. The highest BCUT2D eigenvalue weighted by Crippen LogP contribution is 2.36. The molecule has 0 radical (unpaired) electrons. The number of aryl methyl sites for hydroxylation is 1. The van der Waals surface area contributed by atoms with Gasteiger partial charge in [0.15, 0.2) is 0 Å². The second-order valence-corrected chi connectivity index (χ2v) is 5.49. The minimum absolute atomic E-state index is 0.0635. The molecule has 1 amide bonds. The first kappa shape index (κ1) is 13.7. The molecule has 0 spiro atoms. The number of carbonyl (C=O) groups is 1. The van der Waals surface area contributed by atoms with Gasteiger partial charge in [0.2, 0.25) is 5.91 Å². The summed E-state index contributed by atoms with van der Waals surface area (Å²) in [6.07, 6.45) is 0. The van der Waals surface area contributed by atoms with Crippen molar-refractivity contribution in [2.24, 2.45) is 5.73 Å². The van der Waals surface area contributed by atoms with Crippen molar-refractivity contribution >= 4 is 17.3 Å². The Kier molecular flexibility index (Phi) is 3.22. The molecule has 1 unspecified atom stereocenters. The topological polar surface area (TPSA) is 62.7 Å². The zero-order chi connectivity index (χ0) is 15.1. The van der Waals surface area contributed by atoms with E-state index in [0.717, 1.165) is 28.5 Å². The van der Waals surface area contributed by atoms with Crippen molar-refractivity contribution in [2.45, 2.75) is 19.5 Å². The Morgan fingerprint density at radius 3 is 2.76 bits per heavy atom. The number of likely N-dealkylation sites (N-methyl/N-ethyl adjacent to an activating group) is 1. The number of hydrogen-bond donors (Lipinski definition) is 1. The summed E-state index contributed by atoms with van der Waals surface area (Å²) in [4.78, 5) is 15.6. The lowest BCUT2D eigenvalue weighted by Gasteiger charge is -2.20. The Morgan fingerprint density at radius 2 is 2.10 bits per heavy atom. The molecule has 0 saturated carbocycles. The van der Waals surface area contributed by atoms with E-state index in [9.17, 15) is 4.79 Å². The van der Waals surface area contributed by atoms with E-state index >= 15 is 0 Å². The maximum atomic E-state index is 11.9. The number of hydrogen-bond acceptors (Lipinski definition) is 4. The molecule has 1 aromatic carbocycles. The van der Waals surface area contributed by atoms with Gasteiger partial charge in [0.25, 0.3) is 0 Å². The molecular formula is C16H19N3O2. The van der Waals surface area contributed by atoms with Gasteiger partial charge in [-0.25, -0.2) is 0 Å². The molecule has 3 rings (SSSR count). The summed E-state index contributed by atoms with van der Waals surface area (Å²) in [5.74, 6) is 1.76. The average Bonchev–Trinajstić information content (AvgIpc) is 2.97. The molecular weight excluding hydrogens is 266 g/mol. The Hall–Kier alpha value is -2.27. The van der Waals surface area contributed by atoms with E-state index in [1.807, 2.05) is 44.3 Å². The van der Waals surface area contributed by atoms with Crippen molar-refractivity contribution < 1.29 is 9.21 Å². The second kappa shape index (κ2) is 4.93. The fraction of sp³-hybridized carbons (Fsp3) is 0.312. The van der Waals surface area contributed by atoms with Crippen LogP contribution in [0.25, 0.3) is 0 Å². The molecule has 1 aromatic heterocycles. The fourth-order valence-electron chi connectivity index (χ4n) is 2.68. The minimum atomic E-state index is -0.544. The van der Waals surface area contributed by atoms with Crippen LogP contribution in [0.2, 0.25) is 0 Å². The summed E-state index contributed by atoms with van der Waals surface area (Å²) in [6.45, 7) is 2.61. The van der Waals surface area contributed by atoms with Gasteiger partial charge in [-0.3, -0.25) is 4.79 Å². The zero-order valence-electron chi connectivity index (χ0n) is 12.5. The molecule has 2 heterocycles. The number of benzene rings is 1. The standard InChI is InChI=1S/C16H19N3O2/c1-10-4-6-12(21-10)9-18(2)11-5-7-13-14(8-11)19(3)16(20)15(13)17/h4-8,15H,9,17H2,1-3H3. The van der Waals surface area contributed by atoms with Crippen LogP contribution in [-0.4, -0.2) is 20.0 Å². The third-order valence-corrected chi connectivity index (χ3v) is 3.94. The number of furan rings is 1. The van der Waals surface area contributed by atoms with E-state index < -0.39 is 6.04 Å². The van der Waals surface area contributed by atoms with Gasteiger partial charge in [-0.05, 0) is 31.2 Å². The van der Waals surface area contributed by atoms with Crippen molar-refractivity contribution in [1.29, 1.82) is 0 Å². The summed E-state index contributed by atoms with van der Waals surface area (Å²) < 4.78 is 5.60. The van der Waals surface area contributed by atoms with E-state index in [4.69, 9.17) is 10.2 Å². The number of nitrogens with two attached hydrogens (primary N) is 1. The zero-order valence-corrected chi connectivity index (χ0v) is 12.5. The third-order valence-electron chi connectivity index (χ3n) is 3.94. The van der Waals surface area contributed by atoms with Crippen LogP contribution in [0.5, 0.6) is 0 Å². The summed E-state index contributed by atoms with van der Waals surface area (Å²) >= 11 is 0. The quantitative estimate of drug-likeness (QED) is 0.939. The number of nitrogens with zero attached hydrogens (tertiary/aromatic N) is 2. The normalized spacial score (nSPS) is 17.2. The molecule has 1 atom stereocenters. The molecule has 1 aliphatic heterocycles. The summed E-state index contributed by atoms with van der Waals surface area (Å²) in [5, 5.41) is 0. The Labute approximate surface area is 123 Å². The highest BCUT2D eigenvalue weighted by Gasteiger charge is 2.32. The molecule has 21 heavy (non-hydrogen) atoms. The van der Waals surface area contributed by atoms with Crippen LogP contribution in [0.3, 0.4) is 0 Å². The van der Waals surface area contributed by atoms with Crippen LogP contribution in [-0.2, 0) is 11.3 Å². The number of fused-ring (bicyclic) bond motifs is 1. The molecule has 110 valence electrons. The van der Waals surface area contributed by atoms with Crippen LogP contribution < -0.4 is 15.5 Å². The van der Waals surface area contributed by atoms with Gasteiger partial charge in [-0.2, -0.15) is 0 Å². The molecule has 2 N–H and O–H groups in total. The third kappa shape index (κ3) is 2.29. The summed E-state index contributed by atoms with van der Waals surface area (Å²) in [7, 11) is 3.75. The molecule has 0 saturated heterocycles. The van der Waals surface area contributed by atoms with Gasteiger partial charge >= 0.3 is 0 Å². The van der Waals surface area contributed by atoms with Crippen molar-refractivity contribution in [3.8, 4) is 0 Å². The molecule has 5 nitrogen and oxygen atoms in total. The SMILES string of the molecule is Cc1ccc(CN(C)c2ccc3c(c2)N(C)C(=O)C3N)o1. The first-order chi connectivity index (χ1) is 9.97. The molecule has 0 aliphatic carbocycles.